The number of halogens is 3. The molecular formula is C13H24F3N5. The van der Waals surface area contributed by atoms with Gasteiger partial charge in [0.25, 0.3) is 0 Å². The molecule has 0 saturated heterocycles. The molecule has 5 nitrogen and oxygen atoms in total. The zero-order valence-electron chi connectivity index (χ0n) is 13.0. The van der Waals surface area contributed by atoms with Crippen molar-refractivity contribution in [3.63, 3.8) is 0 Å². The summed E-state index contributed by atoms with van der Waals surface area (Å²) in [6.07, 6.45) is -2.42. The Bertz CT molecular complexity index is 414. The van der Waals surface area contributed by atoms with Gasteiger partial charge in [-0.25, -0.2) is 0 Å². The highest BCUT2D eigenvalue weighted by Gasteiger charge is 2.31. The van der Waals surface area contributed by atoms with Crippen LogP contribution in [0.2, 0.25) is 0 Å². The predicted octanol–water partition coefficient (Wildman–Crippen LogP) is 2.05. The molecule has 0 aliphatic carbocycles. The summed E-state index contributed by atoms with van der Waals surface area (Å²) < 4.78 is 39.0. The Labute approximate surface area is 123 Å². The maximum atomic E-state index is 12.5. The van der Waals surface area contributed by atoms with E-state index in [1.165, 1.54) is 4.90 Å². The van der Waals surface area contributed by atoms with Gasteiger partial charge in [0.1, 0.15) is 0 Å². The van der Waals surface area contributed by atoms with Crippen LogP contribution in [0, 0.1) is 0 Å². The molecular weight excluding hydrogens is 283 g/mol. The van der Waals surface area contributed by atoms with Crippen molar-refractivity contribution in [2.45, 2.75) is 59.0 Å². The fourth-order valence-corrected chi connectivity index (χ4v) is 1.82. The number of rotatable bonds is 8. The molecule has 1 N–H and O–H groups in total. The van der Waals surface area contributed by atoms with E-state index in [9.17, 15) is 13.2 Å². The fraction of sp³-hybridized carbons (Fsp3) is 0.846. The van der Waals surface area contributed by atoms with Crippen molar-refractivity contribution in [2.75, 3.05) is 13.1 Å². The maximum absolute atomic E-state index is 12.5. The monoisotopic (exact) mass is 307 g/mol. The summed E-state index contributed by atoms with van der Waals surface area (Å²) in [7, 11) is 0. The lowest BCUT2D eigenvalue weighted by molar-refractivity contribution is -0.149. The van der Waals surface area contributed by atoms with Crippen LogP contribution >= 0.6 is 0 Å². The molecule has 8 heteroatoms. The molecule has 1 aromatic heterocycles. The maximum Gasteiger partial charge on any atom is 0.401 e. The summed E-state index contributed by atoms with van der Waals surface area (Å²) in [6, 6.07) is 0.176. The molecule has 0 saturated carbocycles. The smallest absolute Gasteiger partial charge is 0.309 e. The molecule has 0 bridgehead atoms. The van der Waals surface area contributed by atoms with Crippen molar-refractivity contribution < 1.29 is 13.2 Å². The van der Waals surface area contributed by atoms with Crippen LogP contribution in [0.1, 0.15) is 33.4 Å². The Morgan fingerprint density at radius 1 is 1.29 bits per heavy atom. The summed E-state index contributed by atoms with van der Waals surface area (Å²) in [6.45, 7) is 7.95. The second-order valence-corrected chi connectivity index (χ2v) is 5.69. The lowest BCUT2D eigenvalue weighted by Gasteiger charge is -2.27. The molecule has 1 heterocycles. The van der Waals surface area contributed by atoms with Crippen molar-refractivity contribution in [2.24, 2.45) is 0 Å². The van der Waals surface area contributed by atoms with E-state index in [1.807, 2.05) is 13.8 Å². The van der Waals surface area contributed by atoms with Crippen molar-refractivity contribution >= 4 is 0 Å². The summed E-state index contributed by atoms with van der Waals surface area (Å²) in [4.78, 5) is 1.38. The Balaban J connectivity index is 2.48. The molecule has 1 rings (SSSR count). The highest BCUT2D eigenvalue weighted by atomic mass is 19.4. The molecule has 0 aliphatic heterocycles. The normalized spacial score (nSPS) is 12.9. The molecule has 0 spiro atoms. The fourth-order valence-electron chi connectivity index (χ4n) is 1.82. The highest BCUT2D eigenvalue weighted by molar-refractivity contribution is 4.91. The number of alkyl halides is 3. The zero-order chi connectivity index (χ0) is 16.0. The van der Waals surface area contributed by atoms with Gasteiger partial charge in [-0.3, -0.25) is 9.58 Å². The van der Waals surface area contributed by atoms with Crippen LogP contribution in [0.25, 0.3) is 0 Å². The Kier molecular flexibility index (Phi) is 6.60. The molecule has 0 aromatic carbocycles. The van der Waals surface area contributed by atoms with Crippen molar-refractivity contribution in [1.29, 1.82) is 0 Å². The molecule has 0 aliphatic rings. The highest BCUT2D eigenvalue weighted by Crippen LogP contribution is 2.17. The molecule has 1 aromatic rings. The summed E-state index contributed by atoms with van der Waals surface area (Å²) >= 11 is 0. The SMILES string of the molecule is CC(C)NCc1cn(CCN(CC(F)(F)F)C(C)C)nn1. The Morgan fingerprint density at radius 2 is 1.95 bits per heavy atom. The van der Waals surface area contributed by atoms with Gasteiger partial charge in [0.2, 0.25) is 0 Å². The Morgan fingerprint density at radius 3 is 2.48 bits per heavy atom. The van der Waals surface area contributed by atoms with Crippen molar-refractivity contribution in [1.82, 2.24) is 25.2 Å². The molecule has 0 atom stereocenters. The third-order valence-electron chi connectivity index (χ3n) is 3.01. The molecule has 0 unspecified atom stereocenters. The number of aromatic nitrogens is 3. The second kappa shape index (κ2) is 7.74. The van der Waals surface area contributed by atoms with E-state index in [1.54, 1.807) is 24.7 Å². The van der Waals surface area contributed by atoms with Gasteiger partial charge in [0, 0.05) is 31.4 Å². The zero-order valence-corrected chi connectivity index (χ0v) is 13.0. The van der Waals surface area contributed by atoms with E-state index in [2.05, 4.69) is 15.6 Å². The number of nitrogens with one attached hydrogen (secondary N) is 1. The largest absolute Gasteiger partial charge is 0.401 e. The quantitative estimate of drug-likeness (QED) is 0.798. The van der Waals surface area contributed by atoms with Crippen LogP contribution < -0.4 is 5.32 Å². The van der Waals surface area contributed by atoms with E-state index in [0.29, 0.717) is 19.1 Å². The van der Waals surface area contributed by atoms with Crippen molar-refractivity contribution in [3.05, 3.63) is 11.9 Å². The topological polar surface area (TPSA) is 46.0 Å². The first kappa shape index (κ1) is 17.9. The molecule has 0 amide bonds. The summed E-state index contributed by atoms with van der Waals surface area (Å²) in [5.41, 5.74) is 0.788. The number of nitrogens with zero attached hydrogens (tertiary/aromatic N) is 4. The number of hydrogen-bond acceptors (Lipinski definition) is 4. The third kappa shape index (κ3) is 7.42. The molecule has 0 radical (unpaired) electrons. The van der Waals surface area contributed by atoms with Gasteiger partial charge < -0.3 is 5.32 Å². The lowest BCUT2D eigenvalue weighted by atomic mass is 10.3. The lowest BCUT2D eigenvalue weighted by Crippen LogP contribution is -2.40. The van der Waals surface area contributed by atoms with E-state index in [4.69, 9.17) is 0 Å². The second-order valence-electron chi connectivity index (χ2n) is 5.69. The van der Waals surface area contributed by atoms with Crippen LogP contribution in [-0.2, 0) is 13.1 Å². The Hall–Kier alpha value is -1.15. The van der Waals surface area contributed by atoms with E-state index in [0.717, 1.165) is 5.69 Å². The van der Waals surface area contributed by atoms with Crippen molar-refractivity contribution in [3.8, 4) is 0 Å². The summed E-state index contributed by atoms with van der Waals surface area (Å²) in [5, 5.41) is 11.2. The first-order chi connectivity index (χ1) is 9.67. The summed E-state index contributed by atoms with van der Waals surface area (Å²) in [5.74, 6) is 0. The van der Waals surface area contributed by atoms with Crippen LogP contribution in [0.15, 0.2) is 6.20 Å². The molecule has 122 valence electrons. The van der Waals surface area contributed by atoms with Gasteiger partial charge in [0.05, 0.1) is 18.8 Å². The van der Waals surface area contributed by atoms with Crippen LogP contribution in [0.4, 0.5) is 13.2 Å². The predicted molar refractivity (Wildman–Crippen MR) is 74.8 cm³/mol. The van der Waals surface area contributed by atoms with E-state index >= 15 is 0 Å². The van der Waals surface area contributed by atoms with Crippen LogP contribution in [0.3, 0.4) is 0 Å². The average molecular weight is 307 g/mol. The minimum Gasteiger partial charge on any atom is -0.309 e. The minimum absolute atomic E-state index is 0.169. The standard InChI is InChI=1S/C13H24F3N5/c1-10(2)17-7-12-8-21(19-18-12)6-5-20(11(3)4)9-13(14,15)16/h8,10-11,17H,5-7,9H2,1-4H3. The van der Waals surface area contributed by atoms with E-state index < -0.39 is 12.7 Å². The van der Waals surface area contributed by atoms with E-state index in [-0.39, 0.29) is 12.6 Å². The van der Waals surface area contributed by atoms with Gasteiger partial charge in [-0.05, 0) is 13.8 Å². The average Bonchev–Trinajstić information content (AvgIpc) is 2.78. The first-order valence-corrected chi connectivity index (χ1v) is 7.10. The molecule has 0 fully saturated rings. The first-order valence-electron chi connectivity index (χ1n) is 7.10. The van der Waals surface area contributed by atoms with Gasteiger partial charge in [-0.1, -0.05) is 19.1 Å². The van der Waals surface area contributed by atoms with Crippen LogP contribution in [0.5, 0.6) is 0 Å². The third-order valence-corrected chi connectivity index (χ3v) is 3.01. The molecule has 21 heavy (non-hydrogen) atoms. The van der Waals surface area contributed by atoms with Crippen LogP contribution in [-0.4, -0.2) is 51.2 Å². The number of hydrogen-bond donors (Lipinski definition) is 1. The minimum atomic E-state index is -4.18. The van der Waals surface area contributed by atoms with Gasteiger partial charge in [0.15, 0.2) is 0 Å². The van der Waals surface area contributed by atoms with Gasteiger partial charge >= 0.3 is 6.18 Å². The van der Waals surface area contributed by atoms with Gasteiger partial charge in [-0.2, -0.15) is 13.2 Å². The van der Waals surface area contributed by atoms with Gasteiger partial charge in [-0.15, -0.1) is 5.10 Å².